The first-order chi connectivity index (χ1) is 11.0. The van der Waals surface area contributed by atoms with Crippen molar-refractivity contribution in [3.05, 3.63) is 35.9 Å². The van der Waals surface area contributed by atoms with Crippen molar-refractivity contribution < 1.29 is 9.53 Å². The number of ether oxygens (including phenoxy) is 1. The maximum Gasteiger partial charge on any atom is 0.243 e. The minimum Gasteiger partial charge on any atom is -0.491 e. The first-order valence-corrected chi connectivity index (χ1v) is 8.50. The number of rotatable bonds is 10. The molecular formula is C19H30N2O2. The number of nitrogens with zero attached hydrogens (tertiary/aromatic N) is 1. The Morgan fingerprint density at radius 3 is 2.70 bits per heavy atom. The van der Waals surface area contributed by atoms with Gasteiger partial charge in [-0.1, -0.05) is 26.0 Å². The smallest absolute Gasteiger partial charge is 0.243 e. The topological polar surface area (TPSA) is 41.6 Å². The van der Waals surface area contributed by atoms with Crippen LogP contribution < -0.4 is 10.1 Å². The molecule has 0 unspecified atom stereocenters. The summed E-state index contributed by atoms with van der Waals surface area (Å²) < 4.78 is 5.65. The lowest BCUT2D eigenvalue weighted by Crippen LogP contribution is -2.29. The van der Waals surface area contributed by atoms with Crippen LogP contribution in [0.25, 0.3) is 6.08 Å². The van der Waals surface area contributed by atoms with Crippen LogP contribution in [-0.4, -0.2) is 43.1 Å². The first kappa shape index (κ1) is 19.2. The van der Waals surface area contributed by atoms with Crippen LogP contribution in [0.4, 0.5) is 0 Å². The third-order valence-electron chi connectivity index (χ3n) is 3.50. The van der Waals surface area contributed by atoms with Crippen LogP contribution >= 0.6 is 0 Å². The molecule has 0 fully saturated rings. The van der Waals surface area contributed by atoms with Crippen LogP contribution in [-0.2, 0) is 4.79 Å². The van der Waals surface area contributed by atoms with Gasteiger partial charge < -0.3 is 15.0 Å². The largest absolute Gasteiger partial charge is 0.491 e. The maximum atomic E-state index is 11.8. The summed E-state index contributed by atoms with van der Waals surface area (Å²) in [5.41, 5.74) is 0.960. The molecule has 0 aliphatic rings. The van der Waals surface area contributed by atoms with Gasteiger partial charge in [0.2, 0.25) is 5.91 Å². The standard InChI is InChI=1S/C19H30N2O2/c1-5-21(6-2)14-8-13-20-19(22)12-11-17-9-7-10-18(15-17)23-16(3)4/h7,9-12,15-16H,5-6,8,13-14H2,1-4H3,(H,20,22)/b12-11+. The lowest BCUT2D eigenvalue weighted by Gasteiger charge is -2.17. The highest BCUT2D eigenvalue weighted by atomic mass is 16.5. The van der Waals surface area contributed by atoms with Gasteiger partial charge in [0.15, 0.2) is 0 Å². The molecule has 4 nitrogen and oxygen atoms in total. The van der Waals surface area contributed by atoms with Gasteiger partial charge in [-0.3, -0.25) is 4.79 Å². The minimum atomic E-state index is -0.0558. The fourth-order valence-corrected chi connectivity index (χ4v) is 2.25. The summed E-state index contributed by atoms with van der Waals surface area (Å²) in [5, 5.41) is 2.92. The number of carbonyl (C=O) groups is 1. The van der Waals surface area contributed by atoms with Crippen LogP contribution in [0.1, 0.15) is 39.7 Å². The summed E-state index contributed by atoms with van der Waals surface area (Å²) in [4.78, 5) is 14.2. The highest BCUT2D eigenvalue weighted by Crippen LogP contribution is 2.15. The second kappa shape index (κ2) is 10.8. The summed E-state index contributed by atoms with van der Waals surface area (Å²) in [6.45, 7) is 12.1. The van der Waals surface area contributed by atoms with Crippen LogP contribution in [0.15, 0.2) is 30.3 Å². The summed E-state index contributed by atoms with van der Waals surface area (Å²) in [7, 11) is 0. The molecule has 128 valence electrons. The Labute approximate surface area is 140 Å². The molecular weight excluding hydrogens is 288 g/mol. The van der Waals surface area contributed by atoms with Gasteiger partial charge in [0.25, 0.3) is 0 Å². The van der Waals surface area contributed by atoms with E-state index < -0.39 is 0 Å². The van der Waals surface area contributed by atoms with Gasteiger partial charge in [0, 0.05) is 12.6 Å². The van der Waals surface area contributed by atoms with Crippen molar-refractivity contribution >= 4 is 12.0 Å². The quantitative estimate of drug-likeness (QED) is 0.531. The fraction of sp³-hybridized carbons (Fsp3) is 0.526. The molecule has 4 heteroatoms. The Kier molecular flexibility index (Phi) is 9.07. The van der Waals surface area contributed by atoms with E-state index in [0.717, 1.165) is 37.4 Å². The van der Waals surface area contributed by atoms with Crippen molar-refractivity contribution in [2.45, 2.75) is 40.2 Å². The van der Waals surface area contributed by atoms with Crippen molar-refractivity contribution in [3.8, 4) is 5.75 Å². The monoisotopic (exact) mass is 318 g/mol. The van der Waals surface area contributed by atoms with Crippen LogP contribution in [0.5, 0.6) is 5.75 Å². The normalized spacial score (nSPS) is 11.4. The number of hydrogen-bond donors (Lipinski definition) is 1. The minimum absolute atomic E-state index is 0.0558. The number of nitrogens with one attached hydrogen (secondary N) is 1. The predicted molar refractivity (Wildman–Crippen MR) is 96.7 cm³/mol. The lowest BCUT2D eigenvalue weighted by atomic mass is 10.2. The van der Waals surface area contributed by atoms with Crippen molar-refractivity contribution in [1.29, 1.82) is 0 Å². The van der Waals surface area contributed by atoms with Crippen molar-refractivity contribution in [1.82, 2.24) is 10.2 Å². The molecule has 0 saturated carbocycles. The molecule has 0 heterocycles. The van der Waals surface area contributed by atoms with E-state index in [4.69, 9.17) is 4.74 Å². The molecule has 0 radical (unpaired) electrons. The van der Waals surface area contributed by atoms with Gasteiger partial charge in [-0.2, -0.15) is 0 Å². The highest BCUT2D eigenvalue weighted by Gasteiger charge is 2.00. The molecule has 0 bridgehead atoms. The maximum absolute atomic E-state index is 11.8. The molecule has 0 atom stereocenters. The van der Waals surface area contributed by atoms with Gasteiger partial charge in [0.1, 0.15) is 5.75 Å². The van der Waals surface area contributed by atoms with Crippen molar-refractivity contribution in [3.63, 3.8) is 0 Å². The van der Waals surface area contributed by atoms with Crippen molar-refractivity contribution in [2.24, 2.45) is 0 Å². The Balaban J connectivity index is 2.37. The average Bonchev–Trinajstić information content (AvgIpc) is 2.53. The second-order valence-electron chi connectivity index (χ2n) is 5.74. The van der Waals surface area contributed by atoms with E-state index in [1.807, 2.05) is 44.2 Å². The fourth-order valence-electron chi connectivity index (χ4n) is 2.25. The molecule has 0 aliphatic carbocycles. The molecule has 0 aromatic heterocycles. The molecule has 23 heavy (non-hydrogen) atoms. The SMILES string of the molecule is CCN(CC)CCCNC(=O)/C=C/c1cccc(OC(C)C)c1. The molecule has 1 N–H and O–H groups in total. The summed E-state index contributed by atoms with van der Waals surface area (Å²) in [6.07, 6.45) is 4.50. The van der Waals surface area contributed by atoms with E-state index in [2.05, 4.69) is 24.1 Å². The molecule has 1 rings (SSSR count). The summed E-state index contributed by atoms with van der Waals surface area (Å²) >= 11 is 0. The van der Waals surface area contributed by atoms with Crippen LogP contribution in [0.3, 0.4) is 0 Å². The van der Waals surface area contributed by atoms with Crippen LogP contribution in [0, 0.1) is 0 Å². The van der Waals surface area contributed by atoms with Gasteiger partial charge in [0.05, 0.1) is 6.10 Å². The highest BCUT2D eigenvalue weighted by molar-refractivity contribution is 5.91. The molecule has 0 spiro atoms. The molecule has 1 amide bonds. The third-order valence-corrected chi connectivity index (χ3v) is 3.50. The average molecular weight is 318 g/mol. The van der Waals surface area contributed by atoms with Gasteiger partial charge >= 0.3 is 0 Å². The zero-order valence-electron chi connectivity index (χ0n) is 14.8. The van der Waals surface area contributed by atoms with Crippen LogP contribution in [0.2, 0.25) is 0 Å². The molecule has 0 aliphatic heterocycles. The van der Waals surface area contributed by atoms with E-state index in [9.17, 15) is 4.79 Å². The van der Waals surface area contributed by atoms with E-state index in [0.29, 0.717) is 6.54 Å². The Morgan fingerprint density at radius 2 is 2.04 bits per heavy atom. The van der Waals surface area contributed by atoms with Gasteiger partial charge in [-0.25, -0.2) is 0 Å². The molecule has 1 aromatic rings. The number of carbonyl (C=O) groups excluding carboxylic acids is 1. The lowest BCUT2D eigenvalue weighted by molar-refractivity contribution is -0.116. The summed E-state index contributed by atoms with van der Waals surface area (Å²) in [6, 6.07) is 7.74. The number of hydrogen-bond acceptors (Lipinski definition) is 3. The number of benzene rings is 1. The zero-order chi connectivity index (χ0) is 17.1. The summed E-state index contributed by atoms with van der Waals surface area (Å²) in [5.74, 6) is 0.765. The zero-order valence-corrected chi connectivity index (χ0v) is 14.8. The van der Waals surface area contributed by atoms with E-state index in [1.54, 1.807) is 6.08 Å². The van der Waals surface area contributed by atoms with E-state index in [1.165, 1.54) is 0 Å². The predicted octanol–water partition coefficient (Wildman–Crippen LogP) is 3.34. The Hall–Kier alpha value is -1.81. The molecule has 0 saturated heterocycles. The van der Waals surface area contributed by atoms with Gasteiger partial charge in [-0.05, 0) is 63.7 Å². The third kappa shape index (κ3) is 8.41. The Bertz CT molecular complexity index is 494. The second-order valence-corrected chi connectivity index (χ2v) is 5.74. The number of amides is 1. The van der Waals surface area contributed by atoms with Gasteiger partial charge in [-0.15, -0.1) is 0 Å². The van der Waals surface area contributed by atoms with Crippen molar-refractivity contribution in [2.75, 3.05) is 26.2 Å². The Morgan fingerprint density at radius 1 is 1.30 bits per heavy atom. The molecule has 1 aromatic carbocycles. The van der Waals surface area contributed by atoms with E-state index in [-0.39, 0.29) is 12.0 Å². The van der Waals surface area contributed by atoms with E-state index >= 15 is 0 Å². The first-order valence-electron chi connectivity index (χ1n) is 8.50.